The van der Waals surface area contributed by atoms with Crippen LogP contribution >= 0.6 is 0 Å². The number of Topliss-reactive ketones (excluding diaryl/α,β-unsaturated/α-hetero) is 1. The summed E-state index contributed by atoms with van der Waals surface area (Å²) in [5.74, 6) is 1.59. The lowest BCUT2D eigenvalue weighted by Gasteiger charge is -2.31. The van der Waals surface area contributed by atoms with Crippen molar-refractivity contribution in [3.63, 3.8) is 0 Å². The molecule has 3 rings (SSSR count). The zero-order valence-corrected chi connectivity index (χ0v) is 13.2. The molecule has 1 aromatic carbocycles. The molecule has 21 heavy (non-hydrogen) atoms. The van der Waals surface area contributed by atoms with E-state index in [1.54, 1.807) is 0 Å². The largest absolute Gasteiger partial charge is 0.302 e. The number of hydrogen-bond acceptors (Lipinski definition) is 2. The molecule has 1 fully saturated rings. The van der Waals surface area contributed by atoms with Crippen LogP contribution in [-0.4, -0.2) is 30.3 Å². The maximum absolute atomic E-state index is 12.2. The van der Waals surface area contributed by atoms with Gasteiger partial charge in [0.05, 0.1) is 0 Å². The van der Waals surface area contributed by atoms with E-state index in [2.05, 4.69) is 36.1 Å². The first-order chi connectivity index (χ1) is 10.3. The van der Waals surface area contributed by atoms with Gasteiger partial charge in [0.1, 0.15) is 5.78 Å². The van der Waals surface area contributed by atoms with Gasteiger partial charge in [-0.15, -0.1) is 0 Å². The van der Waals surface area contributed by atoms with Gasteiger partial charge < -0.3 is 4.90 Å². The third-order valence-electron chi connectivity index (χ3n) is 5.44. The lowest BCUT2D eigenvalue weighted by atomic mass is 9.79. The van der Waals surface area contributed by atoms with Gasteiger partial charge in [0, 0.05) is 32.0 Å². The number of nitrogens with zero attached hydrogens (tertiary/aromatic N) is 1. The normalized spacial score (nSPS) is 27.2. The van der Waals surface area contributed by atoms with E-state index in [1.165, 1.54) is 17.5 Å². The molecule has 114 valence electrons. The van der Waals surface area contributed by atoms with Crippen molar-refractivity contribution in [3.05, 3.63) is 35.4 Å². The lowest BCUT2D eigenvalue weighted by molar-refractivity contribution is -0.126. The second-order valence-electron chi connectivity index (χ2n) is 6.78. The van der Waals surface area contributed by atoms with Crippen molar-refractivity contribution >= 4 is 5.78 Å². The van der Waals surface area contributed by atoms with Crippen molar-refractivity contribution in [2.24, 2.45) is 11.8 Å². The van der Waals surface area contributed by atoms with Gasteiger partial charge in [-0.2, -0.15) is 0 Å². The van der Waals surface area contributed by atoms with E-state index in [0.29, 0.717) is 11.7 Å². The van der Waals surface area contributed by atoms with Crippen molar-refractivity contribution in [2.75, 3.05) is 19.6 Å². The SMILES string of the molecule is CCC1CCC(=O)C(CN2CCc3ccccc3CC2)C1. The van der Waals surface area contributed by atoms with E-state index in [-0.39, 0.29) is 0 Å². The zero-order valence-electron chi connectivity index (χ0n) is 13.2. The average Bonchev–Trinajstić information content (AvgIpc) is 2.72. The third-order valence-corrected chi connectivity index (χ3v) is 5.44. The highest BCUT2D eigenvalue weighted by atomic mass is 16.1. The van der Waals surface area contributed by atoms with E-state index in [0.717, 1.165) is 57.7 Å². The molecule has 0 radical (unpaired) electrons. The summed E-state index contributed by atoms with van der Waals surface area (Å²) in [6, 6.07) is 8.81. The van der Waals surface area contributed by atoms with Crippen molar-refractivity contribution in [2.45, 2.75) is 45.4 Å². The molecule has 0 N–H and O–H groups in total. The van der Waals surface area contributed by atoms with Gasteiger partial charge in [0.15, 0.2) is 0 Å². The molecule has 2 atom stereocenters. The molecule has 2 aliphatic rings. The standard InChI is InChI=1S/C19H27NO/c1-2-15-7-8-19(21)18(13-15)14-20-11-9-16-5-3-4-6-17(16)10-12-20/h3-6,15,18H,2,7-14H2,1H3. The minimum absolute atomic E-state index is 0.296. The summed E-state index contributed by atoms with van der Waals surface area (Å²) < 4.78 is 0. The van der Waals surface area contributed by atoms with E-state index in [1.807, 2.05) is 0 Å². The molecule has 0 amide bonds. The first-order valence-electron chi connectivity index (χ1n) is 8.58. The molecule has 2 nitrogen and oxygen atoms in total. The fourth-order valence-electron chi connectivity index (χ4n) is 3.96. The Kier molecular flexibility index (Phi) is 4.74. The highest BCUT2D eigenvalue weighted by molar-refractivity contribution is 5.81. The van der Waals surface area contributed by atoms with Crippen LogP contribution in [0.2, 0.25) is 0 Å². The van der Waals surface area contributed by atoms with Gasteiger partial charge in [-0.1, -0.05) is 37.6 Å². The Hall–Kier alpha value is -1.15. The smallest absolute Gasteiger partial charge is 0.137 e. The molecule has 1 aliphatic heterocycles. The fraction of sp³-hybridized carbons (Fsp3) is 0.632. The molecular weight excluding hydrogens is 258 g/mol. The fourth-order valence-corrected chi connectivity index (χ4v) is 3.96. The van der Waals surface area contributed by atoms with E-state index < -0.39 is 0 Å². The summed E-state index contributed by atoms with van der Waals surface area (Å²) in [5.41, 5.74) is 3.00. The molecule has 1 aromatic rings. The van der Waals surface area contributed by atoms with Crippen molar-refractivity contribution in [3.8, 4) is 0 Å². The summed E-state index contributed by atoms with van der Waals surface area (Å²) in [4.78, 5) is 14.7. The summed E-state index contributed by atoms with van der Waals surface area (Å²) in [6.07, 6.45) is 6.56. The Bertz CT molecular complexity index is 469. The van der Waals surface area contributed by atoms with Gasteiger partial charge >= 0.3 is 0 Å². The van der Waals surface area contributed by atoms with E-state index in [4.69, 9.17) is 0 Å². The van der Waals surface area contributed by atoms with Crippen LogP contribution in [0.4, 0.5) is 0 Å². The highest BCUT2D eigenvalue weighted by Crippen LogP contribution is 2.29. The topological polar surface area (TPSA) is 20.3 Å². The predicted octanol–water partition coefficient (Wildman–Crippen LogP) is 3.48. The number of benzene rings is 1. The minimum atomic E-state index is 0.296. The van der Waals surface area contributed by atoms with Crippen LogP contribution in [0.1, 0.15) is 43.7 Å². The molecule has 1 heterocycles. The molecule has 1 saturated carbocycles. The van der Waals surface area contributed by atoms with Crippen molar-refractivity contribution < 1.29 is 4.79 Å². The number of carbonyl (C=O) groups is 1. The number of fused-ring (bicyclic) bond motifs is 1. The Morgan fingerprint density at radius 1 is 1.10 bits per heavy atom. The van der Waals surface area contributed by atoms with Crippen LogP contribution in [0.25, 0.3) is 0 Å². The zero-order chi connectivity index (χ0) is 14.7. The third kappa shape index (κ3) is 3.55. The summed E-state index contributed by atoms with van der Waals surface area (Å²) in [6.45, 7) is 5.47. The van der Waals surface area contributed by atoms with Crippen LogP contribution in [0.3, 0.4) is 0 Å². The van der Waals surface area contributed by atoms with E-state index in [9.17, 15) is 4.79 Å². The Labute approximate surface area is 128 Å². The minimum Gasteiger partial charge on any atom is -0.302 e. The summed E-state index contributed by atoms with van der Waals surface area (Å²) in [5, 5.41) is 0. The first-order valence-corrected chi connectivity index (χ1v) is 8.58. The Balaban J connectivity index is 1.60. The summed E-state index contributed by atoms with van der Waals surface area (Å²) in [7, 11) is 0. The van der Waals surface area contributed by atoms with Gasteiger partial charge in [0.2, 0.25) is 0 Å². The maximum Gasteiger partial charge on any atom is 0.137 e. The van der Waals surface area contributed by atoms with Crippen LogP contribution in [-0.2, 0) is 17.6 Å². The molecular formula is C19H27NO. The number of ketones is 1. The molecule has 2 unspecified atom stereocenters. The predicted molar refractivity (Wildman–Crippen MR) is 86.4 cm³/mol. The quantitative estimate of drug-likeness (QED) is 0.847. The van der Waals surface area contributed by atoms with Crippen molar-refractivity contribution in [1.29, 1.82) is 0 Å². The molecule has 0 bridgehead atoms. The Morgan fingerprint density at radius 2 is 1.76 bits per heavy atom. The monoisotopic (exact) mass is 285 g/mol. The number of carbonyl (C=O) groups excluding carboxylic acids is 1. The van der Waals surface area contributed by atoms with E-state index >= 15 is 0 Å². The van der Waals surface area contributed by atoms with Gasteiger partial charge in [0.25, 0.3) is 0 Å². The van der Waals surface area contributed by atoms with Crippen LogP contribution in [0, 0.1) is 11.8 Å². The number of hydrogen-bond donors (Lipinski definition) is 0. The average molecular weight is 285 g/mol. The van der Waals surface area contributed by atoms with Gasteiger partial charge in [-0.05, 0) is 42.7 Å². The molecule has 0 saturated heterocycles. The first kappa shape index (κ1) is 14.8. The maximum atomic E-state index is 12.2. The number of rotatable bonds is 3. The van der Waals surface area contributed by atoms with Gasteiger partial charge in [-0.25, -0.2) is 0 Å². The highest BCUT2D eigenvalue weighted by Gasteiger charge is 2.29. The van der Waals surface area contributed by atoms with Crippen molar-refractivity contribution in [1.82, 2.24) is 4.90 Å². The van der Waals surface area contributed by atoms with Crippen LogP contribution < -0.4 is 0 Å². The second kappa shape index (κ2) is 6.74. The molecule has 0 spiro atoms. The molecule has 2 heteroatoms. The summed E-state index contributed by atoms with van der Waals surface area (Å²) >= 11 is 0. The molecule has 1 aliphatic carbocycles. The Morgan fingerprint density at radius 3 is 2.38 bits per heavy atom. The second-order valence-corrected chi connectivity index (χ2v) is 6.78. The van der Waals surface area contributed by atoms with Gasteiger partial charge in [-0.3, -0.25) is 4.79 Å². The van der Waals surface area contributed by atoms with Crippen LogP contribution in [0.5, 0.6) is 0 Å². The molecule has 0 aromatic heterocycles. The lowest BCUT2D eigenvalue weighted by Crippen LogP contribution is -2.37. The van der Waals surface area contributed by atoms with Crippen LogP contribution in [0.15, 0.2) is 24.3 Å².